The number of aliphatic carboxylic acids is 1. The first kappa shape index (κ1) is 13.7. The summed E-state index contributed by atoms with van der Waals surface area (Å²) in [7, 11) is 0. The number of carboxylic acids is 1. The Hall–Kier alpha value is -1.39. The summed E-state index contributed by atoms with van der Waals surface area (Å²) >= 11 is 0. The standard InChI is InChI=1S/C13H18O4/c1-10(13(15)16)12(14)7-8-17-9-11-5-3-2-4-6-11/h2-6,10,12,14H,7-9H2,1H3,(H,15,16)/t10-,12+/m0/s1. The number of aliphatic hydroxyl groups excluding tert-OH is 1. The molecular formula is C13H18O4. The van der Waals surface area contributed by atoms with Gasteiger partial charge in [0.25, 0.3) is 0 Å². The zero-order valence-corrected chi connectivity index (χ0v) is 9.87. The molecule has 4 heteroatoms. The Labute approximate surface area is 101 Å². The Balaban J connectivity index is 2.18. The Morgan fingerprint density at radius 2 is 2.00 bits per heavy atom. The molecule has 0 unspecified atom stereocenters. The molecule has 0 saturated carbocycles. The van der Waals surface area contributed by atoms with Crippen LogP contribution in [-0.2, 0) is 16.1 Å². The summed E-state index contributed by atoms with van der Waals surface area (Å²) < 4.78 is 5.37. The Morgan fingerprint density at radius 1 is 1.35 bits per heavy atom. The fourth-order valence-electron chi connectivity index (χ4n) is 1.38. The van der Waals surface area contributed by atoms with Crippen LogP contribution in [-0.4, -0.2) is 28.9 Å². The first-order chi connectivity index (χ1) is 8.11. The predicted molar refractivity (Wildman–Crippen MR) is 63.5 cm³/mol. The number of aliphatic hydroxyl groups is 1. The third-order valence-electron chi connectivity index (χ3n) is 2.64. The van der Waals surface area contributed by atoms with Crippen LogP contribution >= 0.6 is 0 Å². The van der Waals surface area contributed by atoms with E-state index in [1.165, 1.54) is 6.92 Å². The van der Waals surface area contributed by atoms with Crippen molar-refractivity contribution in [1.29, 1.82) is 0 Å². The van der Waals surface area contributed by atoms with Crippen molar-refractivity contribution in [3.63, 3.8) is 0 Å². The minimum Gasteiger partial charge on any atom is -0.481 e. The third kappa shape index (κ3) is 4.97. The van der Waals surface area contributed by atoms with Gasteiger partial charge in [-0.3, -0.25) is 4.79 Å². The van der Waals surface area contributed by atoms with Crippen molar-refractivity contribution in [3.8, 4) is 0 Å². The SMILES string of the molecule is C[C@H](C(=O)O)[C@H](O)CCOCc1ccccc1. The molecule has 1 rings (SSSR count). The molecule has 0 aliphatic heterocycles. The molecule has 1 aromatic rings. The molecule has 17 heavy (non-hydrogen) atoms. The van der Waals surface area contributed by atoms with Crippen molar-refractivity contribution in [1.82, 2.24) is 0 Å². The smallest absolute Gasteiger partial charge is 0.308 e. The van der Waals surface area contributed by atoms with Gasteiger partial charge < -0.3 is 14.9 Å². The molecule has 0 spiro atoms. The van der Waals surface area contributed by atoms with Crippen LogP contribution in [0.5, 0.6) is 0 Å². The summed E-state index contributed by atoms with van der Waals surface area (Å²) in [4.78, 5) is 10.6. The van der Waals surface area contributed by atoms with Crippen LogP contribution in [0.25, 0.3) is 0 Å². The molecule has 0 radical (unpaired) electrons. The molecule has 2 atom stereocenters. The molecule has 0 heterocycles. The highest BCUT2D eigenvalue weighted by Crippen LogP contribution is 2.08. The van der Waals surface area contributed by atoms with E-state index in [1.54, 1.807) is 0 Å². The van der Waals surface area contributed by atoms with Gasteiger partial charge in [0.1, 0.15) is 0 Å². The monoisotopic (exact) mass is 238 g/mol. The summed E-state index contributed by atoms with van der Waals surface area (Å²) in [6.45, 7) is 2.33. The lowest BCUT2D eigenvalue weighted by atomic mass is 10.0. The molecule has 94 valence electrons. The molecule has 0 aliphatic carbocycles. The summed E-state index contributed by atoms with van der Waals surface area (Å²) in [5, 5.41) is 18.2. The largest absolute Gasteiger partial charge is 0.481 e. The van der Waals surface area contributed by atoms with Gasteiger partial charge in [-0.05, 0) is 18.9 Å². The summed E-state index contributed by atoms with van der Waals surface area (Å²) in [6.07, 6.45) is -0.524. The quantitative estimate of drug-likeness (QED) is 0.709. The number of hydrogen-bond acceptors (Lipinski definition) is 3. The van der Waals surface area contributed by atoms with Crippen molar-refractivity contribution < 1.29 is 19.7 Å². The molecule has 4 nitrogen and oxygen atoms in total. The van der Waals surface area contributed by atoms with E-state index in [0.29, 0.717) is 19.6 Å². The lowest BCUT2D eigenvalue weighted by Crippen LogP contribution is -2.26. The molecule has 1 aromatic carbocycles. The minimum absolute atomic E-state index is 0.334. The van der Waals surface area contributed by atoms with Gasteiger partial charge in [0.05, 0.1) is 18.6 Å². The molecular weight excluding hydrogens is 220 g/mol. The lowest BCUT2D eigenvalue weighted by Gasteiger charge is -2.14. The first-order valence-corrected chi connectivity index (χ1v) is 5.64. The summed E-state index contributed by atoms with van der Waals surface area (Å²) in [6, 6.07) is 9.70. The number of ether oxygens (including phenoxy) is 1. The predicted octanol–water partition coefficient (Wildman–Crippen LogP) is 1.67. The van der Waals surface area contributed by atoms with Crippen LogP contribution < -0.4 is 0 Å². The van der Waals surface area contributed by atoms with Crippen molar-refractivity contribution in [3.05, 3.63) is 35.9 Å². The van der Waals surface area contributed by atoms with E-state index < -0.39 is 18.0 Å². The number of benzene rings is 1. The number of carboxylic acid groups (broad SMARTS) is 1. The van der Waals surface area contributed by atoms with Crippen LogP contribution in [0.2, 0.25) is 0 Å². The molecule has 0 amide bonds. The van der Waals surface area contributed by atoms with E-state index in [-0.39, 0.29) is 0 Å². The van der Waals surface area contributed by atoms with E-state index in [1.807, 2.05) is 30.3 Å². The van der Waals surface area contributed by atoms with Gasteiger partial charge in [-0.25, -0.2) is 0 Å². The third-order valence-corrected chi connectivity index (χ3v) is 2.64. The second-order valence-electron chi connectivity index (χ2n) is 4.02. The van der Waals surface area contributed by atoms with Crippen molar-refractivity contribution in [2.75, 3.05) is 6.61 Å². The first-order valence-electron chi connectivity index (χ1n) is 5.64. The van der Waals surface area contributed by atoms with Gasteiger partial charge in [-0.1, -0.05) is 30.3 Å². The van der Waals surface area contributed by atoms with Crippen LogP contribution in [0.3, 0.4) is 0 Å². The summed E-state index contributed by atoms with van der Waals surface area (Å²) in [5.74, 6) is -1.74. The molecule has 0 aromatic heterocycles. The van der Waals surface area contributed by atoms with E-state index in [4.69, 9.17) is 9.84 Å². The molecule has 0 fully saturated rings. The average molecular weight is 238 g/mol. The van der Waals surface area contributed by atoms with Crippen LogP contribution in [0.15, 0.2) is 30.3 Å². The zero-order valence-electron chi connectivity index (χ0n) is 9.87. The second kappa shape index (κ2) is 7.04. The van der Waals surface area contributed by atoms with Crippen LogP contribution in [0.4, 0.5) is 0 Å². The number of carbonyl (C=O) groups is 1. The highest BCUT2D eigenvalue weighted by Gasteiger charge is 2.20. The molecule has 0 bridgehead atoms. The molecule has 2 N–H and O–H groups in total. The van der Waals surface area contributed by atoms with E-state index >= 15 is 0 Å². The lowest BCUT2D eigenvalue weighted by molar-refractivity contribution is -0.145. The summed E-state index contributed by atoms with van der Waals surface area (Å²) in [5.41, 5.74) is 1.06. The van der Waals surface area contributed by atoms with Crippen molar-refractivity contribution in [2.24, 2.45) is 5.92 Å². The van der Waals surface area contributed by atoms with E-state index in [0.717, 1.165) is 5.56 Å². The van der Waals surface area contributed by atoms with Crippen LogP contribution in [0.1, 0.15) is 18.9 Å². The Kier molecular flexibility index (Phi) is 5.66. The van der Waals surface area contributed by atoms with Gasteiger partial charge in [0.2, 0.25) is 0 Å². The van der Waals surface area contributed by atoms with Gasteiger partial charge >= 0.3 is 5.97 Å². The van der Waals surface area contributed by atoms with Crippen LogP contribution in [0, 0.1) is 5.92 Å². The Bertz CT molecular complexity index is 337. The second-order valence-corrected chi connectivity index (χ2v) is 4.02. The normalized spacial score (nSPS) is 14.2. The maximum atomic E-state index is 10.6. The van der Waals surface area contributed by atoms with E-state index in [9.17, 15) is 9.90 Å². The van der Waals surface area contributed by atoms with Gasteiger partial charge in [-0.2, -0.15) is 0 Å². The maximum absolute atomic E-state index is 10.6. The maximum Gasteiger partial charge on any atom is 0.308 e. The van der Waals surface area contributed by atoms with Crippen molar-refractivity contribution >= 4 is 5.97 Å². The van der Waals surface area contributed by atoms with Gasteiger partial charge in [-0.15, -0.1) is 0 Å². The molecule has 0 aliphatic rings. The highest BCUT2D eigenvalue weighted by atomic mass is 16.5. The fourth-order valence-corrected chi connectivity index (χ4v) is 1.38. The van der Waals surface area contributed by atoms with Crippen molar-refractivity contribution in [2.45, 2.75) is 26.1 Å². The van der Waals surface area contributed by atoms with Gasteiger partial charge in [0, 0.05) is 6.61 Å². The van der Waals surface area contributed by atoms with E-state index in [2.05, 4.69) is 0 Å². The minimum atomic E-state index is -0.986. The molecule has 0 saturated heterocycles. The average Bonchev–Trinajstić information content (AvgIpc) is 2.34. The number of rotatable bonds is 7. The zero-order chi connectivity index (χ0) is 12.7. The van der Waals surface area contributed by atoms with Gasteiger partial charge in [0.15, 0.2) is 0 Å². The Morgan fingerprint density at radius 3 is 2.59 bits per heavy atom. The highest BCUT2D eigenvalue weighted by molar-refractivity contribution is 5.70. The fraction of sp³-hybridized carbons (Fsp3) is 0.462. The number of hydrogen-bond donors (Lipinski definition) is 2. The topological polar surface area (TPSA) is 66.8 Å².